The lowest BCUT2D eigenvalue weighted by Gasteiger charge is -2.29. The molecule has 2 unspecified atom stereocenters. The molecule has 0 radical (unpaired) electrons. The number of rotatable bonds is 11. The quantitative estimate of drug-likeness (QED) is 0.540. The van der Waals surface area contributed by atoms with Gasteiger partial charge in [-0.2, -0.15) is 0 Å². The van der Waals surface area contributed by atoms with Crippen molar-refractivity contribution in [3.05, 3.63) is 70.8 Å². The Hall–Kier alpha value is -2.27. The van der Waals surface area contributed by atoms with Crippen molar-refractivity contribution in [2.24, 2.45) is 0 Å². The maximum atomic E-state index is 13.1. The molecule has 1 N–H and O–H groups in total. The molecular formula is C26H36N2O2S. The van der Waals surface area contributed by atoms with E-state index in [9.17, 15) is 9.59 Å². The summed E-state index contributed by atoms with van der Waals surface area (Å²) in [5, 5.41) is 3.02. The predicted molar refractivity (Wildman–Crippen MR) is 131 cm³/mol. The van der Waals surface area contributed by atoms with Crippen molar-refractivity contribution >= 4 is 23.6 Å². The highest BCUT2D eigenvalue weighted by molar-refractivity contribution is 7.99. The molecule has 2 aromatic carbocycles. The lowest BCUT2D eigenvalue weighted by Crippen LogP contribution is -2.51. The summed E-state index contributed by atoms with van der Waals surface area (Å²) < 4.78 is 0. The largest absolute Gasteiger partial charge is 0.352 e. The van der Waals surface area contributed by atoms with E-state index in [-0.39, 0.29) is 17.9 Å². The lowest BCUT2D eigenvalue weighted by atomic mass is 10.1. The first-order valence-corrected chi connectivity index (χ1v) is 12.2. The van der Waals surface area contributed by atoms with Gasteiger partial charge >= 0.3 is 0 Å². The molecule has 168 valence electrons. The summed E-state index contributed by atoms with van der Waals surface area (Å²) in [5.74, 6) is 1.07. The Morgan fingerprint density at radius 2 is 1.65 bits per heavy atom. The van der Waals surface area contributed by atoms with Crippen molar-refractivity contribution in [2.45, 2.75) is 65.3 Å². The van der Waals surface area contributed by atoms with Crippen LogP contribution in [0.3, 0.4) is 0 Å². The number of benzene rings is 2. The van der Waals surface area contributed by atoms with Gasteiger partial charge in [0.2, 0.25) is 11.8 Å². The van der Waals surface area contributed by atoms with Gasteiger partial charge in [0, 0.05) is 18.3 Å². The number of hydrogen-bond donors (Lipinski definition) is 1. The van der Waals surface area contributed by atoms with Crippen molar-refractivity contribution < 1.29 is 9.59 Å². The topological polar surface area (TPSA) is 49.4 Å². The summed E-state index contributed by atoms with van der Waals surface area (Å²) in [7, 11) is 0. The zero-order valence-electron chi connectivity index (χ0n) is 19.5. The van der Waals surface area contributed by atoms with Crippen LogP contribution in [0.15, 0.2) is 48.5 Å². The average Bonchev–Trinajstić information content (AvgIpc) is 2.73. The van der Waals surface area contributed by atoms with Gasteiger partial charge in [-0.1, -0.05) is 66.6 Å². The molecule has 0 heterocycles. The molecule has 0 bridgehead atoms. The molecule has 4 nitrogen and oxygen atoms in total. The van der Waals surface area contributed by atoms with Crippen molar-refractivity contribution in [3.63, 3.8) is 0 Å². The van der Waals surface area contributed by atoms with Crippen LogP contribution in [0, 0.1) is 13.8 Å². The standard InChI is InChI=1S/C26H36N2O2S/c1-6-21(4)27-26(30)22(5)28(13-12-23-10-8-7-9-11-23)25(29)18-31-17-24-15-19(2)14-20(3)16-24/h7-11,14-16,21-22H,6,12-13,17-18H2,1-5H3,(H,27,30). The second kappa shape index (κ2) is 12.6. The van der Waals surface area contributed by atoms with Crippen molar-refractivity contribution in [2.75, 3.05) is 12.3 Å². The van der Waals surface area contributed by atoms with Crippen LogP contribution in [0.2, 0.25) is 0 Å². The van der Waals surface area contributed by atoms with Crippen molar-refractivity contribution in [3.8, 4) is 0 Å². The number of nitrogens with one attached hydrogen (secondary N) is 1. The molecule has 0 fully saturated rings. The molecule has 31 heavy (non-hydrogen) atoms. The number of amides is 2. The second-order valence-electron chi connectivity index (χ2n) is 8.31. The molecule has 0 aliphatic carbocycles. The lowest BCUT2D eigenvalue weighted by molar-refractivity contribution is -0.138. The van der Waals surface area contributed by atoms with E-state index >= 15 is 0 Å². The van der Waals surface area contributed by atoms with Gasteiger partial charge in [0.15, 0.2) is 0 Å². The zero-order valence-corrected chi connectivity index (χ0v) is 20.3. The zero-order chi connectivity index (χ0) is 22.8. The molecule has 0 saturated heterocycles. The van der Waals surface area contributed by atoms with Crippen LogP contribution < -0.4 is 5.32 Å². The van der Waals surface area contributed by atoms with Crippen LogP contribution in [0.25, 0.3) is 0 Å². The van der Waals surface area contributed by atoms with Crippen LogP contribution in [0.5, 0.6) is 0 Å². The van der Waals surface area contributed by atoms with Gasteiger partial charge in [-0.05, 0) is 51.7 Å². The summed E-state index contributed by atoms with van der Waals surface area (Å²) in [6.07, 6.45) is 1.59. The third kappa shape index (κ3) is 8.41. The fourth-order valence-corrected chi connectivity index (χ4v) is 4.37. The maximum Gasteiger partial charge on any atom is 0.242 e. The Morgan fingerprint density at radius 1 is 1.00 bits per heavy atom. The van der Waals surface area contributed by atoms with E-state index in [2.05, 4.69) is 49.5 Å². The third-order valence-corrected chi connectivity index (χ3v) is 6.42. The first-order valence-electron chi connectivity index (χ1n) is 11.1. The minimum Gasteiger partial charge on any atom is -0.352 e. The summed E-state index contributed by atoms with van der Waals surface area (Å²) >= 11 is 1.61. The van der Waals surface area contributed by atoms with E-state index < -0.39 is 6.04 Å². The summed E-state index contributed by atoms with van der Waals surface area (Å²) in [6.45, 7) is 10.6. The first-order chi connectivity index (χ1) is 14.8. The minimum atomic E-state index is -0.493. The highest BCUT2D eigenvalue weighted by atomic mass is 32.2. The van der Waals surface area contributed by atoms with Gasteiger partial charge in [-0.3, -0.25) is 9.59 Å². The minimum absolute atomic E-state index is 0.0112. The number of thioether (sulfide) groups is 1. The van der Waals surface area contributed by atoms with Crippen LogP contribution >= 0.6 is 11.8 Å². The number of carbonyl (C=O) groups is 2. The van der Waals surface area contributed by atoms with Gasteiger partial charge in [0.25, 0.3) is 0 Å². The fraction of sp³-hybridized carbons (Fsp3) is 0.462. The smallest absolute Gasteiger partial charge is 0.242 e. The van der Waals surface area contributed by atoms with E-state index in [1.54, 1.807) is 16.7 Å². The summed E-state index contributed by atoms with van der Waals surface area (Å²) in [6, 6.07) is 16.2. The third-order valence-electron chi connectivity index (χ3n) is 5.43. The van der Waals surface area contributed by atoms with Crippen LogP contribution in [0.1, 0.15) is 49.4 Å². The molecule has 0 aliphatic rings. The SMILES string of the molecule is CCC(C)NC(=O)C(C)N(CCc1ccccc1)C(=O)CSCc1cc(C)cc(C)c1. The van der Waals surface area contributed by atoms with E-state index in [4.69, 9.17) is 0 Å². The van der Waals surface area contributed by atoms with E-state index in [1.165, 1.54) is 16.7 Å². The maximum absolute atomic E-state index is 13.1. The Kier molecular flexibility index (Phi) is 10.1. The highest BCUT2D eigenvalue weighted by Crippen LogP contribution is 2.17. The Morgan fingerprint density at radius 3 is 2.26 bits per heavy atom. The van der Waals surface area contributed by atoms with Crippen LogP contribution in [0.4, 0.5) is 0 Å². The van der Waals surface area contributed by atoms with Crippen LogP contribution in [-0.2, 0) is 21.8 Å². The fourth-order valence-electron chi connectivity index (χ4n) is 3.53. The monoisotopic (exact) mass is 440 g/mol. The molecule has 0 spiro atoms. The van der Waals surface area contributed by atoms with Crippen LogP contribution in [-0.4, -0.2) is 41.1 Å². The molecule has 2 rings (SSSR count). The Balaban J connectivity index is 2.02. The summed E-state index contributed by atoms with van der Waals surface area (Å²) in [4.78, 5) is 27.6. The van der Waals surface area contributed by atoms with Gasteiger partial charge in [-0.15, -0.1) is 11.8 Å². The van der Waals surface area contributed by atoms with Gasteiger partial charge in [0.05, 0.1) is 5.75 Å². The molecule has 0 saturated carbocycles. The predicted octanol–water partition coefficient (Wildman–Crippen LogP) is 4.91. The number of nitrogens with zero attached hydrogens (tertiary/aromatic N) is 1. The van der Waals surface area contributed by atoms with E-state index in [0.29, 0.717) is 12.3 Å². The molecule has 0 aromatic heterocycles. The van der Waals surface area contributed by atoms with Gasteiger partial charge < -0.3 is 10.2 Å². The normalized spacial score (nSPS) is 12.8. The second-order valence-corrected chi connectivity index (χ2v) is 9.29. The van der Waals surface area contributed by atoms with Crippen molar-refractivity contribution in [1.29, 1.82) is 0 Å². The molecule has 0 aliphatic heterocycles. The Bertz CT molecular complexity index is 833. The Labute approximate surface area is 191 Å². The summed E-state index contributed by atoms with van der Waals surface area (Å²) in [5.41, 5.74) is 4.87. The molecule has 5 heteroatoms. The molecule has 2 atom stereocenters. The van der Waals surface area contributed by atoms with Gasteiger partial charge in [0.1, 0.15) is 6.04 Å². The number of aryl methyl sites for hydroxylation is 2. The molecular weight excluding hydrogens is 404 g/mol. The average molecular weight is 441 g/mol. The number of carbonyl (C=O) groups excluding carboxylic acids is 2. The number of hydrogen-bond acceptors (Lipinski definition) is 3. The highest BCUT2D eigenvalue weighted by Gasteiger charge is 2.26. The van der Waals surface area contributed by atoms with E-state index in [1.807, 2.05) is 39.0 Å². The van der Waals surface area contributed by atoms with Gasteiger partial charge in [-0.25, -0.2) is 0 Å². The molecule has 2 aromatic rings. The van der Waals surface area contributed by atoms with Crippen molar-refractivity contribution in [1.82, 2.24) is 10.2 Å². The van der Waals surface area contributed by atoms with E-state index in [0.717, 1.165) is 24.2 Å². The first kappa shape index (κ1) is 25.0. The molecule has 2 amide bonds.